The quantitative estimate of drug-likeness (QED) is 0.251. The van der Waals surface area contributed by atoms with E-state index in [1.165, 1.54) is 0 Å². The summed E-state index contributed by atoms with van der Waals surface area (Å²) in [5.41, 5.74) is 0.804. The molecule has 0 aromatic rings. The van der Waals surface area contributed by atoms with Crippen molar-refractivity contribution in [2.24, 2.45) is 11.8 Å². The van der Waals surface area contributed by atoms with Crippen LogP contribution < -0.4 is 0 Å². The summed E-state index contributed by atoms with van der Waals surface area (Å²) in [6.45, 7) is 3.76. The lowest BCUT2D eigenvalue weighted by Gasteiger charge is -2.31. The van der Waals surface area contributed by atoms with Crippen molar-refractivity contribution in [2.75, 3.05) is 45.1 Å². The molecule has 160 valence electrons. The zero-order valence-electron chi connectivity index (χ0n) is 16.1. The summed E-state index contributed by atoms with van der Waals surface area (Å²) in [6, 6.07) is 0. The van der Waals surface area contributed by atoms with Crippen LogP contribution in [0.5, 0.6) is 0 Å². The van der Waals surface area contributed by atoms with Crippen LogP contribution >= 0.6 is 7.60 Å². The Morgan fingerprint density at radius 2 is 1.44 bits per heavy atom. The van der Waals surface area contributed by atoms with Gasteiger partial charge in [-0.3, -0.25) is 12.9 Å². The second-order valence-corrected chi connectivity index (χ2v) is 11.7. The van der Waals surface area contributed by atoms with Gasteiger partial charge in [-0.2, -0.15) is 16.8 Å². The van der Waals surface area contributed by atoms with Crippen LogP contribution in [0.1, 0.15) is 26.7 Å². The lowest BCUT2D eigenvalue weighted by Crippen LogP contribution is -2.29. The molecule has 0 heterocycles. The van der Waals surface area contributed by atoms with E-state index < -0.39 is 27.8 Å². The normalized spacial score (nSPS) is 21.9. The maximum atomic E-state index is 12.7. The molecule has 0 radical (unpaired) electrons. The van der Waals surface area contributed by atoms with E-state index in [9.17, 15) is 21.4 Å². The standard InChI is InChI=1S/C15H29O9PS2/c1-5-21-25(16,22-6-2)12-13-7-8-14(10-23-26(3,17)18)15(9-13)11-24-27(4,19)20/h7,14-15H,5-6,8-12H2,1-4H3/t14-,15-/m0/s1. The molecule has 0 saturated carbocycles. The van der Waals surface area contributed by atoms with E-state index in [4.69, 9.17) is 17.4 Å². The molecule has 0 aliphatic heterocycles. The van der Waals surface area contributed by atoms with Gasteiger partial charge >= 0.3 is 7.60 Å². The van der Waals surface area contributed by atoms with Crippen LogP contribution in [0, 0.1) is 11.8 Å². The first kappa shape index (κ1) is 24.7. The summed E-state index contributed by atoms with van der Waals surface area (Å²) in [5.74, 6) is -0.554. The highest BCUT2D eigenvalue weighted by Gasteiger charge is 2.32. The minimum atomic E-state index is -3.64. The van der Waals surface area contributed by atoms with Crippen LogP contribution in [-0.4, -0.2) is 61.9 Å². The molecule has 12 heteroatoms. The number of hydrogen-bond acceptors (Lipinski definition) is 9. The SMILES string of the molecule is CCOP(=O)(CC1=CC[C@@H](COS(C)(=O)=O)[C@H](COS(C)(=O)=O)C1)OCC. The summed E-state index contributed by atoms with van der Waals surface area (Å²) in [4.78, 5) is 0. The second kappa shape index (κ2) is 10.5. The van der Waals surface area contributed by atoms with Gasteiger partial charge in [0.1, 0.15) is 0 Å². The zero-order valence-corrected chi connectivity index (χ0v) is 18.6. The fourth-order valence-corrected chi connectivity index (χ4v) is 5.46. The van der Waals surface area contributed by atoms with Crippen molar-refractivity contribution < 1.29 is 38.8 Å². The van der Waals surface area contributed by atoms with Gasteiger partial charge in [0.25, 0.3) is 20.2 Å². The van der Waals surface area contributed by atoms with E-state index in [0.717, 1.165) is 18.1 Å². The molecule has 9 nitrogen and oxygen atoms in total. The second-order valence-electron chi connectivity index (χ2n) is 6.40. The molecule has 1 aliphatic carbocycles. The van der Waals surface area contributed by atoms with Crippen LogP contribution in [0.25, 0.3) is 0 Å². The van der Waals surface area contributed by atoms with Crippen molar-refractivity contribution in [3.05, 3.63) is 11.6 Å². The molecular weight excluding hydrogens is 419 g/mol. The molecule has 0 aromatic carbocycles. The maximum absolute atomic E-state index is 12.7. The Kier molecular flexibility index (Phi) is 9.60. The topological polar surface area (TPSA) is 122 Å². The molecule has 0 bridgehead atoms. The lowest BCUT2D eigenvalue weighted by molar-refractivity contribution is 0.142. The maximum Gasteiger partial charge on any atom is 0.334 e. The Balaban J connectivity index is 2.91. The summed E-state index contributed by atoms with van der Waals surface area (Å²) >= 11 is 0. The Morgan fingerprint density at radius 3 is 1.89 bits per heavy atom. The Morgan fingerprint density at radius 1 is 0.963 bits per heavy atom. The summed E-state index contributed by atoms with van der Waals surface area (Å²) in [7, 11) is -10.5. The average Bonchev–Trinajstić information content (AvgIpc) is 2.50. The Bertz CT molecular complexity index is 748. The molecule has 0 saturated heterocycles. The largest absolute Gasteiger partial charge is 0.334 e. The van der Waals surface area contributed by atoms with Crippen LogP contribution in [0.4, 0.5) is 0 Å². The molecule has 0 aromatic heterocycles. The minimum absolute atomic E-state index is 0.0744. The number of hydrogen-bond donors (Lipinski definition) is 0. The monoisotopic (exact) mass is 448 g/mol. The van der Waals surface area contributed by atoms with E-state index >= 15 is 0 Å². The fraction of sp³-hybridized carbons (Fsp3) is 0.867. The number of allylic oxidation sites excluding steroid dienone is 2. The van der Waals surface area contributed by atoms with E-state index in [-0.39, 0.29) is 44.4 Å². The third-order valence-corrected chi connectivity index (χ3v) is 7.17. The van der Waals surface area contributed by atoms with Gasteiger partial charge < -0.3 is 9.05 Å². The Hall–Kier alpha value is -0.290. The summed E-state index contributed by atoms with van der Waals surface area (Å²) in [5, 5.41) is 0. The highest BCUT2D eigenvalue weighted by molar-refractivity contribution is 7.86. The minimum Gasteiger partial charge on any atom is -0.309 e. The zero-order chi connectivity index (χ0) is 20.7. The summed E-state index contributed by atoms with van der Waals surface area (Å²) < 4.78 is 78.3. The highest BCUT2D eigenvalue weighted by atomic mass is 32.2. The van der Waals surface area contributed by atoms with Crippen molar-refractivity contribution in [1.29, 1.82) is 0 Å². The highest BCUT2D eigenvalue weighted by Crippen LogP contribution is 2.51. The first-order valence-corrected chi connectivity index (χ1v) is 14.0. The van der Waals surface area contributed by atoms with Crippen molar-refractivity contribution in [1.82, 2.24) is 0 Å². The molecule has 1 rings (SSSR count). The molecule has 0 spiro atoms. The Labute approximate surface area is 162 Å². The van der Waals surface area contributed by atoms with Gasteiger partial charge in [0, 0.05) is 0 Å². The average molecular weight is 448 g/mol. The van der Waals surface area contributed by atoms with Crippen LogP contribution in [0.3, 0.4) is 0 Å². The van der Waals surface area contributed by atoms with Gasteiger partial charge in [-0.05, 0) is 38.5 Å². The number of rotatable bonds is 12. The molecule has 2 atom stereocenters. The van der Waals surface area contributed by atoms with Crippen molar-refractivity contribution in [2.45, 2.75) is 26.7 Å². The van der Waals surface area contributed by atoms with E-state index in [0.29, 0.717) is 12.8 Å². The van der Waals surface area contributed by atoms with Crippen LogP contribution in [0.15, 0.2) is 11.6 Å². The predicted molar refractivity (Wildman–Crippen MR) is 102 cm³/mol. The smallest absolute Gasteiger partial charge is 0.309 e. The molecule has 27 heavy (non-hydrogen) atoms. The van der Waals surface area contributed by atoms with Crippen molar-refractivity contribution in [3.8, 4) is 0 Å². The lowest BCUT2D eigenvalue weighted by atomic mass is 9.81. The van der Waals surface area contributed by atoms with Crippen LogP contribution in [-0.2, 0) is 42.2 Å². The van der Waals surface area contributed by atoms with Gasteiger partial charge in [-0.15, -0.1) is 0 Å². The molecule has 0 amide bonds. The van der Waals surface area contributed by atoms with E-state index in [1.807, 2.05) is 6.08 Å². The summed E-state index contributed by atoms with van der Waals surface area (Å²) in [6.07, 6.45) is 4.70. The van der Waals surface area contributed by atoms with Gasteiger partial charge in [0.2, 0.25) is 0 Å². The van der Waals surface area contributed by atoms with Crippen molar-refractivity contribution in [3.63, 3.8) is 0 Å². The van der Waals surface area contributed by atoms with Gasteiger partial charge in [-0.1, -0.05) is 11.6 Å². The molecule has 0 N–H and O–H groups in total. The molecule has 1 aliphatic rings. The first-order valence-electron chi connectivity index (χ1n) is 8.62. The van der Waals surface area contributed by atoms with Gasteiger partial charge in [0.05, 0.1) is 45.1 Å². The fourth-order valence-electron chi connectivity index (χ4n) is 2.82. The predicted octanol–water partition coefficient (Wildman–Crippen LogP) is 2.16. The van der Waals surface area contributed by atoms with Gasteiger partial charge in [0.15, 0.2) is 0 Å². The third kappa shape index (κ3) is 10.2. The van der Waals surface area contributed by atoms with Gasteiger partial charge in [-0.25, -0.2) is 0 Å². The molecular formula is C15H29O9PS2. The molecule has 0 fully saturated rings. The van der Waals surface area contributed by atoms with E-state index in [1.54, 1.807) is 13.8 Å². The first-order chi connectivity index (χ1) is 12.4. The molecule has 0 unspecified atom stereocenters. The van der Waals surface area contributed by atoms with Crippen molar-refractivity contribution >= 4 is 27.8 Å². The van der Waals surface area contributed by atoms with E-state index in [2.05, 4.69) is 0 Å². The van der Waals surface area contributed by atoms with Crippen LogP contribution in [0.2, 0.25) is 0 Å². The third-order valence-electron chi connectivity index (χ3n) is 3.94.